The molecular formula is C17H16Br2N2O4. The number of carbonyl (C=O) groups is 1. The van der Waals surface area contributed by atoms with Gasteiger partial charge in [-0.2, -0.15) is 5.10 Å². The van der Waals surface area contributed by atoms with E-state index in [4.69, 9.17) is 9.47 Å². The van der Waals surface area contributed by atoms with Crippen molar-refractivity contribution in [2.45, 2.75) is 6.92 Å². The molecule has 6 nitrogen and oxygen atoms in total. The summed E-state index contributed by atoms with van der Waals surface area (Å²) in [4.78, 5) is 11.7. The highest BCUT2D eigenvalue weighted by Gasteiger charge is 2.08. The zero-order valence-corrected chi connectivity index (χ0v) is 16.5. The van der Waals surface area contributed by atoms with Gasteiger partial charge in [-0.05, 0) is 64.8 Å². The van der Waals surface area contributed by atoms with Crippen molar-refractivity contribution in [3.63, 3.8) is 0 Å². The third-order valence-electron chi connectivity index (χ3n) is 2.94. The number of hydrazone groups is 1. The molecule has 132 valence electrons. The summed E-state index contributed by atoms with van der Waals surface area (Å²) >= 11 is 6.57. The van der Waals surface area contributed by atoms with Gasteiger partial charge in [0.1, 0.15) is 5.75 Å². The van der Waals surface area contributed by atoms with Crippen LogP contribution in [0.2, 0.25) is 0 Å². The second-order valence-corrected chi connectivity index (χ2v) is 6.59. The van der Waals surface area contributed by atoms with Crippen LogP contribution in [0.3, 0.4) is 0 Å². The van der Waals surface area contributed by atoms with Gasteiger partial charge in [-0.3, -0.25) is 4.79 Å². The summed E-state index contributed by atoms with van der Waals surface area (Å²) in [7, 11) is 0. The SMILES string of the molecule is CCOc1cc(/C=N/NC(=O)COc2ccc(Br)cc2)cc(Br)c1O. The summed E-state index contributed by atoms with van der Waals surface area (Å²) in [6, 6.07) is 10.4. The number of halogens is 2. The van der Waals surface area contributed by atoms with E-state index in [1.54, 1.807) is 24.3 Å². The van der Waals surface area contributed by atoms with Crippen LogP contribution in [-0.4, -0.2) is 30.4 Å². The lowest BCUT2D eigenvalue weighted by molar-refractivity contribution is -0.123. The van der Waals surface area contributed by atoms with Crippen LogP contribution in [0.15, 0.2) is 50.4 Å². The molecule has 0 aliphatic heterocycles. The molecule has 8 heteroatoms. The van der Waals surface area contributed by atoms with Gasteiger partial charge in [0.15, 0.2) is 18.1 Å². The Bertz CT molecular complexity index is 764. The van der Waals surface area contributed by atoms with Gasteiger partial charge in [0.05, 0.1) is 17.3 Å². The monoisotopic (exact) mass is 470 g/mol. The Balaban J connectivity index is 1.89. The van der Waals surface area contributed by atoms with Gasteiger partial charge < -0.3 is 14.6 Å². The number of aromatic hydroxyl groups is 1. The van der Waals surface area contributed by atoms with Crippen LogP contribution in [0.5, 0.6) is 17.2 Å². The van der Waals surface area contributed by atoms with Crippen molar-refractivity contribution < 1.29 is 19.4 Å². The number of benzene rings is 2. The number of hydrogen-bond acceptors (Lipinski definition) is 5. The average molecular weight is 472 g/mol. The smallest absolute Gasteiger partial charge is 0.277 e. The Labute approximate surface area is 162 Å². The van der Waals surface area contributed by atoms with E-state index in [0.717, 1.165) is 4.47 Å². The minimum atomic E-state index is -0.387. The molecule has 0 atom stereocenters. The number of hydrogen-bond donors (Lipinski definition) is 2. The highest BCUT2D eigenvalue weighted by atomic mass is 79.9. The van der Waals surface area contributed by atoms with Crippen molar-refractivity contribution in [2.24, 2.45) is 5.10 Å². The molecule has 2 rings (SSSR count). The maximum Gasteiger partial charge on any atom is 0.277 e. The van der Waals surface area contributed by atoms with E-state index in [0.29, 0.717) is 28.1 Å². The standard InChI is InChI=1S/C17H16Br2N2O4/c1-2-24-15-8-11(7-14(19)17(15)23)9-20-21-16(22)10-25-13-5-3-12(18)4-6-13/h3-9,23H,2,10H2,1H3,(H,21,22)/b20-9+. The Morgan fingerprint density at radius 2 is 1.96 bits per heavy atom. The molecule has 2 aromatic carbocycles. The van der Waals surface area contributed by atoms with Crippen molar-refractivity contribution in [2.75, 3.05) is 13.2 Å². The Morgan fingerprint density at radius 3 is 2.64 bits per heavy atom. The van der Waals surface area contributed by atoms with Crippen molar-refractivity contribution in [3.05, 3.63) is 50.9 Å². The maximum atomic E-state index is 11.7. The number of amides is 1. The molecule has 2 N–H and O–H groups in total. The van der Waals surface area contributed by atoms with Crippen LogP contribution in [0.25, 0.3) is 0 Å². The number of nitrogens with one attached hydrogen (secondary N) is 1. The lowest BCUT2D eigenvalue weighted by Gasteiger charge is -2.08. The van der Waals surface area contributed by atoms with E-state index in [1.807, 2.05) is 19.1 Å². The molecule has 0 saturated heterocycles. The van der Waals surface area contributed by atoms with Crippen molar-refractivity contribution in [3.8, 4) is 17.2 Å². The van der Waals surface area contributed by atoms with Crippen LogP contribution in [0.1, 0.15) is 12.5 Å². The van der Waals surface area contributed by atoms with Crippen molar-refractivity contribution >= 4 is 44.0 Å². The van der Waals surface area contributed by atoms with Gasteiger partial charge in [-0.1, -0.05) is 15.9 Å². The number of carbonyl (C=O) groups excluding carboxylic acids is 1. The first-order valence-corrected chi connectivity index (χ1v) is 8.93. The van der Waals surface area contributed by atoms with Crippen molar-refractivity contribution in [1.29, 1.82) is 0 Å². The Kier molecular flexibility index (Phi) is 7.27. The normalized spacial score (nSPS) is 10.7. The summed E-state index contributed by atoms with van der Waals surface area (Å²) in [5.41, 5.74) is 3.03. The van der Waals surface area contributed by atoms with E-state index in [9.17, 15) is 9.90 Å². The van der Waals surface area contributed by atoms with Crippen LogP contribution >= 0.6 is 31.9 Å². The molecule has 0 aromatic heterocycles. The topological polar surface area (TPSA) is 80.2 Å². The third-order valence-corrected chi connectivity index (χ3v) is 4.07. The van der Waals surface area contributed by atoms with E-state index in [-0.39, 0.29) is 18.3 Å². The number of phenols is 1. The molecule has 25 heavy (non-hydrogen) atoms. The predicted molar refractivity (Wildman–Crippen MR) is 102 cm³/mol. The largest absolute Gasteiger partial charge is 0.503 e. The Morgan fingerprint density at radius 1 is 1.24 bits per heavy atom. The van der Waals surface area contributed by atoms with Crippen LogP contribution in [-0.2, 0) is 4.79 Å². The Hall–Kier alpha value is -2.06. The van der Waals surface area contributed by atoms with Gasteiger partial charge in [-0.25, -0.2) is 5.43 Å². The molecule has 0 aliphatic rings. The van der Waals surface area contributed by atoms with E-state index in [2.05, 4.69) is 42.4 Å². The van der Waals surface area contributed by atoms with E-state index >= 15 is 0 Å². The lowest BCUT2D eigenvalue weighted by atomic mass is 10.2. The molecule has 0 fully saturated rings. The molecule has 0 saturated carbocycles. The predicted octanol–water partition coefficient (Wildman–Crippen LogP) is 3.85. The quantitative estimate of drug-likeness (QED) is 0.474. The minimum absolute atomic E-state index is 0.0194. The molecule has 0 radical (unpaired) electrons. The highest BCUT2D eigenvalue weighted by Crippen LogP contribution is 2.35. The lowest BCUT2D eigenvalue weighted by Crippen LogP contribution is -2.24. The minimum Gasteiger partial charge on any atom is -0.503 e. The fourth-order valence-electron chi connectivity index (χ4n) is 1.82. The van der Waals surface area contributed by atoms with E-state index in [1.165, 1.54) is 6.21 Å². The third kappa shape index (κ3) is 6.06. The molecule has 0 bridgehead atoms. The molecular weight excluding hydrogens is 456 g/mol. The first-order valence-electron chi connectivity index (χ1n) is 7.35. The molecule has 1 amide bonds. The van der Waals surface area contributed by atoms with Gasteiger partial charge >= 0.3 is 0 Å². The van der Waals surface area contributed by atoms with Crippen LogP contribution < -0.4 is 14.9 Å². The van der Waals surface area contributed by atoms with Crippen molar-refractivity contribution in [1.82, 2.24) is 5.43 Å². The molecule has 0 spiro atoms. The summed E-state index contributed by atoms with van der Waals surface area (Å²) in [5.74, 6) is 0.558. The molecule has 0 aliphatic carbocycles. The molecule has 2 aromatic rings. The number of rotatable bonds is 7. The second-order valence-electron chi connectivity index (χ2n) is 4.82. The summed E-state index contributed by atoms with van der Waals surface area (Å²) < 4.78 is 12.1. The second kappa shape index (κ2) is 9.43. The average Bonchev–Trinajstić information content (AvgIpc) is 2.59. The van der Waals surface area contributed by atoms with Crippen LogP contribution in [0.4, 0.5) is 0 Å². The van der Waals surface area contributed by atoms with Gasteiger partial charge in [-0.15, -0.1) is 0 Å². The van der Waals surface area contributed by atoms with Gasteiger partial charge in [0, 0.05) is 4.47 Å². The zero-order chi connectivity index (χ0) is 18.2. The summed E-state index contributed by atoms with van der Waals surface area (Å²) in [6.45, 7) is 2.09. The fraction of sp³-hybridized carbons (Fsp3) is 0.176. The van der Waals surface area contributed by atoms with Gasteiger partial charge in [0.25, 0.3) is 5.91 Å². The molecule has 0 unspecified atom stereocenters. The van der Waals surface area contributed by atoms with Gasteiger partial charge in [0.2, 0.25) is 0 Å². The number of phenolic OH excluding ortho intramolecular Hbond substituents is 1. The summed E-state index contributed by atoms with van der Waals surface area (Å²) in [6.07, 6.45) is 1.45. The van der Waals surface area contributed by atoms with Crippen LogP contribution in [0, 0.1) is 0 Å². The highest BCUT2D eigenvalue weighted by molar-refractivity contribution is 9.10. The fourth-order valence-corrected chi connectivity index (χ4v) is 2.55. The van der Waals surface area contributed by atoms with E-state index < -0.39 is 0 Å². The first kappa shape index (κ1) is 19.3. The number of nitrogens with zero attached hydrogens (tertiary/aromatic N) is 1. The maximum absolute atomic E-state index is 11.7. The number of ether oxygens (including phenoxy) is 2. The first-order chi connectivity index (χ1) is 12.0. The summed E-state index contributed by atoms with van der Waals surface area (Å²) in [5, 5.41) is 13.7. The zero-order valence-electron chi connectivity index (χ0n) is 13.3. The molecule has 0 heterocycles.